The van der Waals surface area contributed by atoms with Crippen LogP contribution >= 0.6 is 0 Å². The van der Waals surface area contributed by atoms with Crippen LogP contribution in [0.4, 0.5) is 5.69 Å². The zero-order valence-corrected chi connectivity index (χ0v) is 10.5. The fourth-order valence-electron chi connectivity index (χ4n) is 2.43. The third kappa shape index (κ3) is 2.99. The number of piperidine rings is 1. The second-order valence-electron chi connectivity index (χ2n) is 4.56. The molecular formula is C14H21N3. The van der Waals surface area contributed by atoms with Crippen molar-refractivity contribution < 1.29 is 0 Å². The van der Waals surface area contributed by atoms with E-state index in [1.165, 1.54) is 19.3 Å². The predicted octanol–water partition coefficient (Wildman–Crippen LogP) is 2.90. The average Bonchev–Trinajstić information content (AvgIpc) is 2.40. The number of nitrogens with two attached hydrogens (primary N) is 1. The lowest BCUT2D eigenvalue weighted by molar-refractivity contribution is 0.233. The van der Waals surface area contributed by atoms with Gasteiger partial charge in [-0.25, -0.2) is 4.99 Å². The summed E-state index contributed by atoms with van der Waals surface area (Å²) in [7, 11) is 0. The Morgan fingerprint density at radius 1 is 1.35 bits per heavy atom. The molecule has 1 aromatic rings. The van der Waals surface area contributed by atoms with Crippen molar-refractivity contribution in [2.45, 2.75) is 38.6 Å². The van der Waals surface area contributed by atoms with Gasteiger partial charge in [0, 0.05) is 12.6 Å². The number of hydrogen-bond acceptors (Lipinski definition) is 1. The van der Waals surface area contributed by atoms with Crippen LogP contribution in [-0.2, 0) is 0 Å². The van der Waals surface area contributed by atoms with Crippen LogP contribution in [-0.4, -0.2) is 23.4 Å². The molecule has 0 amide bonds. The molecule has 1 aliphatic rings. The molecule has 1 saturated heterocycles. The lowest BCUT2D eigenvalue weighted by atomic mass is 10.0. The maximum absolute atomic E-state index is 6.12. The Morgan fingerprint density at radius 3 is 2.82 bits per heavy atom. The minimum atomic E-state index is 0.566. The van der Waals surface area contributed by atoms with E-state index in [1.807, 2.05) is 30.3 Å². The second-order valence-corrected chi connectivity index (χ2v) is 4.56. The van der Waals surface area contributed by atoms with Gasteiger partial charge in [-0.15, -0.1) is 0 Å². The Morgan fingerprint density at radius 2 is 2.12 bits per heavy atom. The highest BCUT2D eigenvalue weighted by molar-refractivity contribution is 5.81. The third-order valence-electron chi connectivity index (χ3n) is 3.39. The molecular weight excluding hydrogens is 210 g/mol. The first-order chi connectivity index (χ1) is 8.31. The molecule has 2 N–H and O–H groups in total. The van der Waals surface area contributed by atoms with Crippen LogP contribution < -0.4 is 5.73 Å². The maximum atomic E-state index is 6.12. The summed E-state index contributed by atoms with van der Waals surface area (Å²) in [5, 5.41) is 0. The molecule has 0 aromatic heterocycles. The van der Waals surface area contributed by atoms with Crippen LogP contribution in [0.3, 0.4) is 0 Å². The van der Waals surface area contributed by atoms with Crippen molar-refractivity contribution in [2.75, 3.05) is 6.54 Å². The van der Waals surface area contributed by atoms with Gasteiger partial charge in [-0.1, -0.05) is 25.1 Å². The molecule has 3 heteroatoms. The zero-order chi connectivity index (χ0) is 12.1. The van der Waals surface area contributed by atoms with Crippen LogP contribution in [0.15, 0.2) is 35.3 Å². The van der Waals surface area contributed by atoms with Crippen molar-refractivity contribution in [2.24, 2.45) is 10.7 Å². The summed E-state index contributed by atoms with van der Waals surface area (Å²) in [4.78, 5) is 6.76. The van der Waals surface area contributed by atoms with E-state index in [1.54, 1.807) is 0 Å². The number of aliphatic imine (C=N–C) groups is 1. The van der Waals surface area contributed by atoms with Crippen molar-refractivity contribution >= 4 is 11.6 Å². The Labute approximate surface area is 103 Å². The molecule has 17 heavy (non-hydrogen) atoms. The summed E-state index contributed by atoms with van der Waals surface area (Å²) in [6, 6.07) is 10.5. The van der Waals surface area contributed by atoms with E-state index in [0.29, 0.717) is 12.0 Å². The molecule has 0 bridgehead atoms. The molecule has 2 rings (SSSR count). The van der Waals surface area contributed by atoms with Gasteiger partial charge in [0.1, 0.15) is 0 Å². The van der Waals surface area contributed by atoms with E-state index < -0.39 is 0 Å². The lowest BCUT2D eigenvalue weighted by Crippen LogP contribution is -2.47. The van der Waals surface area contributed by atoms with Gasteiger partial charge in [-0.3, -0.25) is 0 Å². The van der Waals surface area contributed by atoms with E-state index in [-0.39, 0.29) is 0 Å². The van der Waals surface area contributed by atoms with E-state index in [2.05, 4.69) is 16.8 Å². The molecule has 1 fully saturated rings. The van der Waals surface area contributed by atoms with Crippen molar-refractivity contribution in [3.05, 3.63) is 30.3 Å². The Hall–Kier alpha value is -1.51. The van der Waals surface area contributed by atoms with Gasteiger partial charge in [-0.05, 0) is 37.8 Å². The zero-order valence-electron chi connectivity index (χ0n) is 10.5. The summed E-state index contributed by atoms with van der Waals surface area (Å²) in [6.45, 7) is 3.26. The molecule has 1 unspecified atom stereocenters. The first kappa shape index (κ1) is 12.0. The molecule has 0 aliphatic carbocycles. The summed E-state index contributed by atoms with van der Waals surface area (Å²) in [5.41, 5.74) is 7.06. The highest BCUT2D eigenvalue weighted by Gasteiger charge is 2.22. The van der Waals surface area contributed by atoms with E-state index in [9.17, 15) is 0 Å². The summed E-state index contributed by atoms with van der Waals surface area (Å²) >= 11 is 0. The fraction of sp³-hybridized carbons (Fsp3) is 0.500. The molecule has 0 saturated carbocycles. The van der Waals surface area contributed by atoms with Crippen LogP contribution in [0, 0.1) is 0 Å². The normalized spacial score (nSPS) is 21.6. The number of nitrogens with zero attached hydrogens (tertiary/aromatic N) is 2. The smallest absolute Gasteiger partial charge is 0.196 e. The number of guanidine groups is 1. The second kappa shape index (κ2) is 5.71. The van der Waals surface area contributed by atoms with Crippen LogP contribution in [0.2, 0.25) is 0 Å². The summed E-state index contributed by atoms with van der Waals surface area (Å²) in [5.74, 6) is 0.669. The van der Waals surface area contributed by atoms with Crippen LogP contribution in [0.5, 0.6) is 0 Å². The first-order valence-corrected chi connectivity index (χ1v) is 6.47. The van der Waals surface area contributed by atoms with Gasteiger partial charge in [0.05, 0.1) is 5.69 Å². The molecule has 1 aromatic carbocycles. The van der Waals surface area contributed by atoms with Crippen LogP contribution in [0.1, 0.15) is 32.6 Å². The van der Waals surface area contributed by atoms with Crippen molar-refractivity contribution in [1.29, 1.82) is 0 Å². The topological polar surface area (TPSA) is 41.6 Å². The van der Waals surface area contributed by atoms with Crippen molar-refractivity contribution in [1.82, 2.24) is 4.90 Å². The molecule has 1 aliphatic heterocycles. The number of para-hydroxylation sites is 1. The predicted molar refractivity (Wildman–Crippen MR) is 72.4 cm³/mol. The molecule has 1 heterocycles. The van der Waals surface area contributed by atoms with Crippen molar-refractivity contribution in [3.63, 3.8) is 0 Å². The average molecular weight is 231 g/mol. The third-order valence-corrected chi connectivity index (χ3v) is 3.39. The molecule has 1 atom stereocenters. The number of benzene rings is 1. The van der Waals surface area contributed by atoms with Gasteiger partial charge in [0.2, 0.25) is 0 Å². The molecule has 0 spiro atoms. The number of hydrogen-bond donors (Lipinski definition) is 1. The summed E-state index contributed by atoms with van der Waals surface area (Å²) in [6.07, 6.45) is 4.92. The van der Waals surface area contributed by atoms with E-state index >= 15 is 0 Å². The summed E-state index contributed by atoms with van der Waals surface area (Å²) < 4.78 is 0. The lowest BCUT2D eigenvalue weighted by Gasteiger charge is -2.36. The maximum Gasteiger partial charge on any atom is 0.196 e. The Kier molecular flexibility index (Phi) is 4.02. The highest BCUT2D eigenvalue weighted by Crippen LogP contribution is 2.20. The minimum Gasteiger partial charge on any atom is -0.369 e. The standard InChI is InChI=1S/C14H21N3/c1-2-13-10-6-7-11-17(13)14(15)16-12-8-4-3-5-9-12/h3-5,8-9,13H,2,6-7,10-11H2,1H3,(H2,15,16). The molecule has 92 valence electrons. The highest BCUT2D eigenvalue weighted by atomic mass is 15.3. The quantitative estimate of drug-likeness (QED) is 0.628. The van der Waals surface area contributed by atoms with Gasteiger partial charge in [0.25, 0.3) is 0 Å². The monoisotopic (exact) mass is 231 g/mol. The first-order valence-electron chi connectivity index (χ1n) is 6.47. The Balaban J connectivity index is 2.12. The Bertz CT molecular complexity index is 372. The van der Waals surface area contributed by atoms with E-state index in [0.717, 1.165) is 18.7 Å². The van der Waals surface area contributed by atoms with Crippen molar-refractivity contribution in [3.8, 4) is 0 Å². The van der Waals surface area contributed by atoms with Gasteiger partial charge < -0.3 is 10.6 Å². The van der Waals surface area contributed by atoms with Gasteiger partial charge in [0.15, 0.2) is 5.96 Å². The van der Waals surface area contributed by atoms with Gasteiger partial charge >= 0.3 is 0 Å². The fourth-order valence-corrected chi connectivity index (χ4v) is 2.43. The number of rotatable bonds is 2. The largest absolute Gasteiger partial charge is 0.369 e. The van der Waals surface area contributed by atoms with Crippen LogP contribution in [0.25, 0.3) is 0 Å². The molecule has 3 nitrogen and oxygen atoms in total. The van der Waals surface area contributed by atoms with E-state index in [4.69, 9.17) is 5.73 Å². The SMILES string of the molecule is CCC1CCCCN1C(N)=Nc1ccccc1. The number of likely N-dealkylation sites (tertiary alicyclic amines) is 1. The van der Waals surface area contributed by atoms with Gasteiger partial charge in [-0.2, -0.15) is 0 Å². The molecule has 0 radical (unpaired) electrons. The minimum absolute atomic E-state index is 0.566.